The molecule has 0 aliphatic carbocycles. The van der Waals surface area contributed by atoms with Gasteiger partial charge in [-0.05, 0) is 35.1 Å². The van der Waals surface area contributed by atoms with Gasteiger partial charge >= 0.3 is 0 Å². The van der Waals surface area contributed by atoms with Crippen LogP contribution in [-0.2, 0) is 11.8 Å². The maximum absolute atomic E-state index is 12.6. The average Bonchev–Trinajstić information content (AvgIpc) is 3.31. The Hall–Kier alpha value is -3.05. The minimum atomic E-state index is -0.459. The molecule has 30 heavy (non-hydrogen) atoms. The Morgan fingerprint density at radius 3 is 2.93 bits per heavy atom. The number of benzene rings is 1. The van der Waals surface area contributed by atoms with Crippen LogP contribution in [0.2, 0.25) is 0 Å². The fourth-order valence-corrected chi connectivity index (χ4v) is 4.05. The smallest absolute Gasteiger partial charge is 0.243 e. The number of carbonyl (C=O) groups excluding carboxylic acids is 1. The molecule has 0 saturated carbocycles. The number of nitrogens with zero attached hydrogens (tertiary/aromatic N) is 7. The molecular weight excluding hydrogens is 450 g/mol. The lowest BCUT2D eigenvalue weighted by atomic mass is 10.2. The van der Waals surface area contributed by atoms with Gasteiger partial charge in [0.15, 0.2) is 11.5 Å². The normalized spacial score (nSPS) is 18.0. The summed E-state index contributed by atoms with van der Waals surface area (Å²) in [5.41, 5.74) is 2.22. The second kappa shape index (κ2) is 7.33. The van der Waals surface area contributed by atoms with Gasteiger partial charge in [0, 0.05) is 42.7 Å². The summed E-state index contributed by atoms with van der Waals surface area (Å²) in [4.78, 5) is 24.2. The van der Waals surface area contributed by atoms with Gasteiger partial charge in [0.05, 0.1) is 17.3 Å². The number of hydrogen-bond acceptors (Lipinski definition) is 7. The van der Waals surface area contributed by atoms with Crippen LogP contribution in [0.5, 0.6) is 0 Å². The van der Waals surface area contributed by atoms with Crippen LogP contribution in [0.4, 0.5) is 5.95 Å². The van der Waals surface area contributed by atoms with Crippen molar-refractivity contribution in [2.75, 3.05) is 32.0 Å². The topological polar surface area (TPSA) is 105 Å². The molecule has 0 radical (unpaired) electrons. The molecule has 5 rings (SSSR count). The SMILES string of the molecule is CN1CCNC(=O)[C@H](Nc2nc3c(Br)cccc3c3nc(-c4cnn(C)c4)nn23)C1. The Bertz CT molecular complexity index is 1260. The molecule has 0 unspecified atom stereocenters. The van der Waals surface area contributed by atoms with Crippen molar-refractivity contribution in [1.29, 1.82) is 0 Å². The van der Waals surface area contributed by atoms with E-state index in [0.29, 0.717) is 30.5 Å². The largest absolute Gasteiger partial charge is 0.353 e. The zero-order valence-electron chi connectivity index (χ0n) is 16.5. The van der Waals surface area contributed by atoms with E-state index in [1.54, 1.807) is 15.4 Å². The molecule has 0 spiro atoms. The Morgan fingerprint density at radius 1 is 1.27 bits per heavy atom. The molecule has 1 aromatic carbocycles. The third-order valence-corrected chi connectivity index (χ3v) is 5.76. The quantitative estimate of drug-likeness (QED) is 0.465. The predicted molar refractivity (Wildman–Crippen MR) is 116 cm³/mol. The van der Waals surface area contributed by atoms with Gasteiger partial charge in [0.2, 0.25) is 11.9 Å². The Labute approximate surface area is 180 Å². The van der Waals surface area contributed by atoms with E-state index < -0.39 is 6.04 Å². The van der Waals surface area contributed by atoms with Crippen LogP contribution in [0.3, 0.4) is 0 Å². The fourth-order valence-electron chi connectivity index (χ4n) is 3.60. The highest BCUT2D eigenvalue weighted by atomic mass is 79.9. The number of fused-ring (bicyclic) bond motifs is 3. The minimum Gasteiger partial charge on any atom is -0.353 e. The number of likely N-dealkylation sites (N-methyl/N-ethyl adjacent to an activating group) is 1. The van der Waals surface area contributed by atoms with Crippen LogP contribution in [0.25, 0.3) is 27.9 Å². The summed E-state index contributed by atoms with van der Waals surface area (Å²) in [5.74, 6) is 0.944. The van der Waals surface area contributed by atoms with Crippen molar-refractivity contribution in [3.05, 3.63) is 35.1 Å². The Kier molecular flexibility index (Phi) is 4.63. The maximum Gasteiger partial charge on any atom is 0.243 e. The number of rotatable bonds is 3. The van der Waals surface area contributed by atoms with Crippen LogP contribution in [-0.4, -0.2) is 72.9 Å². The number of anilines is 1. The van der Waals surface area contributed by atoms with Crippen molar-refractivity contribution in [3.8, 4) is 11.4 Å². The van der Waals surface area contributed by atoms with Gasteiger partial charge in [-0.25, -0.2) is 9.97 Å². The van der Waals surface area contributed by atoms with E-state index in [4.69, 9.17) is 9.97 Å². The molecule has 1 aliphatic heterocycles. The third-order valence-electron chi connectivity index (χ3n) is 5.12. The van der Waals surface area contributed by atoms with Gasteiger partial charge < -0.3 is 15.5 Å². The third kappa shape index (κ3) is 3.29. The highest BCUT2D eigenvalue weighted by Crippen LogP contribution is 2.28. The second-order valence-electron chi connectivity index (χ2n) is 7.40. The number of nitrogens with one attached hydrogen (secondary N) is 2. The molecule has 4 heterocycles. The van der Waals surface area contributed by atoms with E-state index in [-0.39, 0.29) is 5.91 Å². The van der Waals surface area contributed by atoms with E-state index in [0.717, 1.165) is 27.5 Å². The Balaban J connectivity index is 1.68. The molecule has 0 bridgehead atoms. The van der Waals surface area contributed by atoms with Gasteiger partial charge in [-0.3, -0.25) is 9.48 Å². The number of halogens is 1. The first-order chi connectivity index (χ1) is 14.5. The zero-order chi connectivity index (χ0) is 20.8. The first kappa shape index (κ1) is 18.9. The summed E-state index contributed by atoms with van der Waals surface area (Å²) in [6, 6.07) is 5.37. The van der Waals surface area contributed by atoms with E-state index in [2.05, 4.69) is 41.7 Å². The molecule has 1 amide bonds. The lowest BCUT2D eigenvalue weighted by Crippen LogP contribution is -2.42. The number of carbonyl (C=O) groups is 1. The van der Waals surface area contributed by atoms with E-state index in [9.17, 15) is 4.79 Å². The molecule has 1 aliphatic rings. The molecule has 154 valence electrons. The van der Waals surface area contributed by atoms with E-state index in [1.165, 1.54) is 0 Å². The molecule has 1 atom stereocenters. The molecule has 1 fully saturated rings. The first-order valence-corrected chi connectivity index (χ1v) is 10.4. The van der Waals surface area contributed by atoms with E-state index >= 15 is 0 Å². The number of aromatic nitrogens is 6. The summed E-state index contributed by atoms with van der Waals surface area (Å²) >= 11 is 3.58. The van der Waals surface area contributed by atoms with Crippen LogP contribution >= 0.6 is 15.9 Å². The van der Waals surface area contributed by atoms with Crippen molar-refractivity contribution in [1.82, 2.24) is 39.6 Å². The van der Waals surface area contributed by atoms with Crippen molar-refractivity contribution in [3.63, 3.8) is 0 Å². The van der Waals surface area contributed by atoms with Crippen molar-refractivity contribution in [2.24, 2.45) is 7.05 Å². The summed E-state index contributed by atoms with van der Waals surface area (Å²) in [6.45, 7) is 1.98. The predicted octanol–water partition coefficient (Wildman–Crippen LogP) is 1.28. The van der Waals surface area contributed by atoms with Gasteiger partial charge in [-0.15, -0.1) is 5.10 Å². The summed E-state index contributed by atoms with van der Waals surface area (Å²) in [6.07, 6.45) is 3.59. The molecule has 1 saturated heterocycles. The highest BCUT2D eigenvalue weighted by Gasteiger charge is 2.26. The highest BCUT2D eigenvalue weighted by molar-refractivity contribution is 9.10. The summed E-state index contributed by atoms with van der Waals surface area (Å²) in [5, 5.41) is 16.0. The average molecular weight is 470 g/mol. The molecule has 11 heteroatoms. The van der Waals surface area contributed by atoms with Crippen LogP contribution in [0.15, 0.2) is 35.1 Å². The Morgan fingerprint density at radius 2 is 2.13 bits per heavy atom. The fraction of sp³-hybridized carbons (Fsp3) is 0.316. The molecule has 3 aromatic heterocycles. The monoisotopic (exact) mass is 469 g/mol. The lowest BCUT2D eigenvalue weighted by Gasteiger charge is -2.20. The number of amides is 1. The minimum absolute atomic E-state index is 0.0610. The van der Waals surface area contributed by atoms with Gasteiger partial charge in [0.25, 0.3) is 0 Å². The molecular formula is C19H20BrN9O. The first-order valence-electron chi connectivity index (χ1n) is 9.56. The molecule has 10 nitrogen and oxygen atoms in total. The lowest BCUT2D eigenvalue weighted by molar-refractivity contribution is -0.121. The van der Waals surface area contributed by atoms with Gasteiger partial charge in [0.1, 0.15) is 6.04 Å². The van der Waals surface area contributed by atoms with Crippen LogP contribution in [0, 0.1) is 0 Å². The number of aryl methyl sites for hydroxylation is 1. The number of para-hydroxylation sites is 1. The van der Waals surface area contributed by atoms with Crippen LogP contribution < -0.4 is 10.6 Å². The summed E-state index contributed by atoms with van der Waals surface area (Å²) in [7, 11) is 3.84. The standard InChI is InChI=1S/C19H20BrN9O/c1-27-7-6-21-18(30)14(10-27)23-19-24-15-12(4-3-5-13(15)20)17-25-16(26-29(17)19)11-8-22-28(2)9-11/h3-5,8-9,14H,6-7,10H2,1-2H3,(H,21,30)(H,23,24)/t14-/m1/s1. The van der Waals surface area contributed by atoms with Crippen molar-refractivity contribution in [2.45, 2.75) is 6.04 Å². The van der Waals surface area contributed by atoms with Crippen LogP contribution in [0.1, 0.15) is 0 Å². The second-order valence-corrected chi connectivity index (χ2v) is 8.25. The maximum atomic E-state index is 12.6. The zero-order valence-corrected chi connectivity index (χ0v) is 18.1. The molecule has 2 N–H and O–H groups in total. The van der Waals surface area contributed by atoms with Gasteiger partial charge in [-0.2, -0.15) is 9.61 Å². The van der Waals surface area contributed by atoms with E-state index in [1.807, 2.05) is 38.5 Å². The molecule has 4 aromatic rings. The van der Waals surface area contributed by atoms with Crippen molar-refractivity contribution < 1.29 is 4.79 Å². The van der Waals surface area contributed by atoms with Gasteiger partial charge in [-0.1, -0.05) is 6.07 Å². The number of hydrogen-bond donors (Lipinski definition) is 2. The summed E-state index contributed by atoms with van der Waals surface area (Å²) < 4.78 is 4.22. The van der Waals surface area contributed by atoms with Crippen molar-refractivity contribution >= 4 is 44.3 Å².